The lowest BCUT2D eigenvalue weighted by atomic mass is 9.95. The van der Waals surface area contributed by atoms with Crippen molar-refractivity contribution in [3.63, 3.8) is 0 Å². The topological polar surface area (TPSA) is 83.7 Å². The maximum atomic E-state index is 12.6. The predicted molar refractivity (Wildman–Crippen MR) is 107 cm³/mol. The number of benzene rings is 2. The first-order chi connectivity index (χ1) is 12.4. The second kappa shape index (κ2) is 8.84. The number of amides is 1. The van der Waals surface area contributed by atoms with E-state index in [2.05, 4.69) is 0 Å². The number of nitrogens with zero attached hydrogens (tertiary/aromatic N) is 2. The normalized spacial score (nSPS) is 19.7. The Morgan fingerprint density at radius 2 is 1.63 bits per heavy atom. The summed E-state index contributed by atoms with van der Waals surface area (Å²) >= 11 is 0. The molecule has 2 aromatic rings. The molecule has 8 heteroatoms. The van der Waals surface area contributed by atoms with Crippen molar-refractivity contribution in [1.29, 1.82) is 0 Å². The van der Waals surface area contributed by atoms with Crippen LogP contribution in [0.15, 0.2) is 65.6 Å². The molecule has 1 aliphatic heterocycles. The van der Waals surface area contributed by atoms with Gasteiger partial charge in [0.05, 0.1) is 11.4 Å². The summed E-state index contributed by atoms with van der Waals surface area (Å²) in [5.74, 6) is -0.169. The van der Waals surface area contributed by atoms with Gasteiger partial charge in [-0.3, -0.25) is 4.79 Å². The molecule has 146 valence electrons. The molecular weight excluding hydrogens is 386 g/mol. The molecule has 1 fully saturated rings. The number of carbonyl (C=O) groups is 1. The monoisotopic (exact) mass is 409 g/mol. The molecule has 2 N–H and O–H groups in total. The van der Waals surface area contributed by atoms with Crippen LogP contribution in [-0.4, -0.2) is 56.3 Å². The Morgan fingerprint density at radius 1 is 1.07 bits per heavy atom. The van der Waals surface area contributed by atoms with Gasteiger partial charge in [0.2, 0.25) is 15.9 Å². The number of rotatable bonds is 5. The van der Waals surface area contributed by atoms with Gasteiger partial charge >= 0.3 is 0 Å². The van der Waals surface area contributed by atoms with Gasteiger partial charge in [-0.2, -0.15) is 4.31 Å². The fourth-order valence-corrected chi connectivity index (χ4v) is 4.37. The van der Waals surface area contributed by atoms with Crippen molar-refractivity contribution in [2.24, 2.45) is 5.73 Å². The Hall–Kier alpha value is -1.93. The molecular formula is C19H24ClN3O3S. The van der Waals surface area contributed by atoms with Gasteiger partial charge < -0.3 is 10.6 Å². The maximum Gasteiger partial charge on any atom is 0.243 e. The zero-order chi connectivity index (χ0) is 18.7. The van der Waals surface area contributed by atoms with Crippen LogP contribution in [0.4, 0.5) is 0 Å². The molecule has 6 nitrogen and oxygen atoms in total. The van der Waals surface area contributed by atoms with Crippen molar-refractivity contribution in [3.05, 3.63) is 66.2 Å². The van der Waals surface area contributed by atoms with E-state index in [1.54, 1.807) is 23.1 Å². The van der Waals surface area contributed by atoms with Crippen molar-refractivity contribution >= 4 is 28.3 Å². The number of likely N-dealkylation sites (tertiary alicyclic amines) is 1. The fraction of sp³-hybridized carbons (Fsp3) is 0.316. The van der Waals surface area contributed by atoms with Gasteiger partial charge in [-0.05, 0) is 17.7 Å². The van der Waals surface area contributed by atoms with Gasteiger partial charge in [0.25, 0.3) is 0 Å². The first-order valence-electron chi connectivity index (χ1n) is 8.49. The summed E-state index contributed by atoms with van der Waals surface area (Å²) in [6, 6.07) is 17.8. The van der Waals surface area contributed by atoms with Crippen LogP contribution in [0.5, 0.6) is 0 Å². The summed E-state index contributed by atoms with van der Waals surface area (Å²) in [7, 11) is -2.27. The Bertz CT molecular complexity index is 862. The summed E-state index contributed by atoms with van der Waals surface area (Å²) in [6.07, 6.45) is 0. The van der Waals surface area contributed by atoms with E-state index in [0.717, 1.165) is 9.87 Å². The van der Waals surface area contributed by atoms with Crippen molar-refractivity contribution in [2.75, 3.05) is 26.7 Å². The van der Waals surface area contributed by atoms with Gasteiger partial charge in [-0.25, -0.2) is 8.42 Å². The maximum absolute atomic E-state index is 12.6. The van der Waals surface area contributed by atoms with E-state index >= 15 is 0 Å². The largest absolute Gasteiger partial charge is 0.339 e. The number of likely N-dealkylation sites (N-methyl/N-ethyl adjacent to an activating group) is 1. The first-order valence-corrected chi connectivity index (χ1v) is 9.93. The molecule has 1 aliphatic rings. The van der Waals surface area contributed by atoms with Crippen molar-refractivity contribution < 1.29 is 13.2 Å². The molecule has 1 amide bonds. The predicted octanol–water partition coefficient (Wildman–Crippen LogP) is 1.68. The molecule has 1 saturated heterocycles. The first kappa shape index (κ1) is 21.4. The van der Waals surface area contributed by atoms with Crippen LogP contribution < -0.4 is 5.73 Å². The third-order valence-corrected chi connectivity index (χ3v) is 6.57. The lowest BCUT2D eigenvalue weighted by molar-refractivity contribution is -0.130. The van der Waals surface area contributed by atoms with E-state index in [9.17, 15) is 13.2 Å². The number of carbonyl (C=O) groups excluding carboxylic acids is 1. The molecule has 2 atom stereocenters. The van der Waals surface area contributed by atoms with E-state index in [1.807, 2.05) is 30.3 Å². The van der Waals surface area contributed by atoms with E-state index in [1.165, 1.54) is 19.2 Å². The van der Waals surface area contributed by atoms with Crippen molar-refractivity contribution in [3.8, 4) is 0 Å². The minimum Gasteiger partial charge on any atom is -0.339 e. The quantitative estimate of drug-likeness (QED) is 0.814. The highest BCUT2D eigenvalue weighted by Crippen LogP contribution is 2.26. The molecule has 0 saturated carbocycles. The average molecular weight is 410 g/mol. The smallest absolute Gasteiger partial charge is 0.243 e. The van der Waals surface area contributed by atoms with Crippen molar-refractivity contribution in [1.82, 2.24) is 9.21 Å². The fourth-order valence-electron chi connectivity index (χ4n) is 3.23. The SMILES string of the molecule is CN(CC(=O)N1C[C@@H](N)[C@H](c2ccccc2)C1)S(=O)(=O)c1ccccc1.Cl. The molecule has 0 unspecified atom stereocenters. The highest BCUT2D eigenvalue weighted by Gasteiger charge is 2.35. The van der Waals surface area contributed by atoms with Gasteiger partial charge in [0, 0.05) is 32.1 Å². The Balaban J connectivity index is 0.00000261. The molecule has 3 rings (SSSR count). The second-order valence-corrected chi connectivity index (χ2v) is 8.60. The lowest BCUT2D eigenvalue weighted by Crippen LogP contribution is -2.41. The van der Waals surface area contributed by atoms with Crippen molar-refractivity contribution in [2.45, 2.75) is 16.9 Å². The lowest BCUT2D eigenvalue weighted by Gasteiger charge is -2.21. The number of nitrogens with two attached hydrogens (primary N) is 1. The van der Waals surface area contributed by atoms with Crippen LogP contribution in [0, 0.1) is 0 Å². The summed E-state index contributed by atoms with van der Waals surface area (Å²) in [6.45, 7) is 0.728. The van der Waals surface area contributed by atoms with E-state index in [-0.39, 0.29) is 41.7 Å². The molecule has 0 aromatic heterocycles. The van der Waals surface area contributed by atoms with Crippen LogP contribution in [0.1, 0.15) is 11.5 Å². The molecule has 0 bridgehead atoms. The third-order valence-electron chi connectivity index (χ3n) is 4.75. The van der Waals surface area contributed by atoms with E-state index in [4.69, 9.17) is 5.73 Å². The van der Waals surface area contributed by atoms with Gasteiger partial charge in [0.1, 0.15) is 0 Å². The number of hydrogen-bond donors (Lipinski definition) is 1. The molecule has 27 heavy (non-hydrogen) atoms. The zero-order valence-electron chi connectivity index (χ0n) is 15.1. The Morgan fingerprint density at radius 3 is 2.22 bits per heavy atom. The molecule has 0 aliphatic carbocycles. The third kappa shape index (κ3) is 4.68. The summed E-state index contributed by atoms with van der Waals surface area (Å²) in [5.41, 5.74) is 7.32. The van der Waals surface area contributed by atoms with Gasteiger partial charge in [0.15, 0.2) is 0 Å². The number of sulfonamides is 1. The summed E-state index contributed by atoms with van der Waals surface area (Å²) in [4.78, 5) is 14.4. The summed E-state index contributed by atoms with van der Waals surface area (Å²) in [5, 5.41) is 0. The second-order valence-electron chi connectivity index (χ2n) is 6.55. The Labute approximate surface area is 166 Å². The van der Waals surface area contributed by atoms with E-state index in [0.29, 0.717) is 13.1 Å². The average Bonchev–Trinajstić information content (AvgIpc) is 3.05. The van der Waals surface area contributed by atoms with Crippen LogP contribution >= 0.6 is 12.4 Å². The molecule has 0 spiro atoms. The highest BCUT2D eigenvalue weighted by atomic mass is 35.5. The van der Waals surface area contributed by atoms with Crippen LogP contribution in [0.25, 0.3) is 0 Å². The van der Waals surface area contributed by atoms with Gasteiger partial charge in [-0.15, -0.1) is 12.4 Å². The van der Waals surface area contributed by atoms with Gasteiger partial charge in [-0.1, -0.05) is 48.5 Å². The highest BCUT2D eigenvalue weighted by molar-refractivity contribution is 7.89. The minimum absolute atomic E-state index is 0. The summed E-state index contributed by atoms with van der Waals surface area (Å²) < 4.78 is 26.2. The van der Waals surface area contributed by atoms with Crippen LogP contribution in [0.3, 0.4) is 0 Å². The van der Waals surface area contributed by atoms with Crippen LogP contribution in [-0.2, 0) is 14.8 Å². The van der Waals surface area contributed by atoms with E-state index < -0.39 is 10.0 Å². The van der Waals surface area contributed by atoms with Crippen LogP contribution in [0.2, 0.25) is 0 Å². The minimum atomic E-state index is -3.69. The Kier molecular flexibility index (Phi) is 7.00. The molecule has 2 aromatic carbocycles. The molecule has 0 radical (unpaired) electrons. The number of hydrogen-bond acceptors (Lipinski definition) is 4. The molecule has 1 heterocycles. The zero-order valence-corrected chi connectivity index (χ0v) is 16.7. The number of halogens is 1. The standard InChI is InChI=1S/C19H23N3O3S.ClH/c1-21(26(24,25)16-10-6-3-7-11-16)14-19(23)22-12-17(18(20)13-22)15-8-4-2-5-9-15;/h2-11,17-18H,12-14,20H2,1H3;1H/t17-,18+;/m0./s1.